The Morgan fingerprint density at radius 1 is 1.15 bits per heavy atom. The van der Waals surface area contributed by atoms with Crippen molar-refractivity contribution in [2.45, 2.75) is 13.0 Å². The van der Waals surface area contributed by atoms with Crippen LogP contribution in [0.4, 0.5) is 0 Å². The van der Waals surface area contributed by atoms with Crippen molar-refractivity contribution in [2.24, 2.45) is 0 Å². The van der Waals surface area contributed by atoms with Crippen LogP contribution in [0.15, 0.2) is 41.8 Å². The first-order chi connectivity index (χ1) is 9.61. The number of thiophene rings is 1. The van der Waals surface area contributed by atoms with Crippen molar-refractivity contribution < 1.29 is 19.1 Å². The summed E-state index contributed by atoms with van der Waals surface area (Å²) in [6.45, 7) is 1.57. The van der Waals surface area contributed by atoms with Gasteiger partial charge >= 0.3 is 5.97 Å². The molecule has 1 aromatic heterocycles. The summed E-state index contributed by atoms with van der Waals surface area (Å²) in [7, 11) is 1.56. The average molecular weight is 290 g/mol. The van der Waals surface area contributed by atoms with Crippen LogP contribution in [-0.4, -0.2) is 25.0 Å². The lowest BCUT2D eigenvalue weighted by molar-refractivity contribution is 0.0323. The van der Waals surface area contributed by atoms with Crippen LogP contribution in [0.3, 0.4) is 0 Å². The van der Waals surface area contributed by atoms with Gasteiger partial charge in [0.15, 0.2) is 6.10 Å². The molecule has 104 valence electrons. The molecular weight excluding hydrogens is 276 g/mol. The van der Waals surface area contributed by atoms with Gasteiger partial charge in [-0.3, -0.25) is 4.79 Å². The fourth-order valence-corrected chi connectivity index (χ4v) is 2.26. The summed E-state index contributed by atoms with van der Waals surface area (Å²) in [6.07, 6.45) is -0.821. The maximum absolute atomic E-state index is 12.1. The number of rotatable bonds is 5. The minimum Gasteiger partial charge on any atom is -0.497 e. The van der Waals surface area contributed by atoms with E-state index in [0.29, 0.717) is 16.2 Å². The Bertz CT molecular complexity index is 587. The van der Waals surface area contributed by atoms with Gasteiger partial charge in [-0.1, -0.05) is 6.07 Å². The van der Waals surface area contributed by atoms with Crippen molar-refractivity contribution in [3.8, 4) is 5.75 Å². The van der Waals surface area contributed by atoms with Crippen molar-refractivity contribution in [1.82, 2.24) is 0 Å². The number of hydrogen-bond acceptors (Lipinski definition) is 5. The maximum Gasteiger partial charge on any atom is 0.349 e. The Morgan fingerprint density at radius 2 is 1.85 bits per heavy atom. The van der Waals surface area contributed by atoms with E-state index in [4.69, 9.17) is 9.47 Å². The minimum absolute atomic E-state index is 0.238. The monoisotopic (exact) mass is 290 g/mol. The fourth-order valence-electron chi connectivity index (χ4n) is 1.66. The van der Waals surface area contributed by atoms with Crippen molar-refractivity contribution in [3.63, 3.8) is 0 Å². The topological polar surface area (TPSA) is 52.6 Å². The van der Waals surface area contributed by atoms with Crippen molar-refractivity contribution in [2.75, 3.05) is 7.11 Å². The predicted molar refractivity (Wildman–Crippen MR) is 76.5 cm³/mol. The molecule has 2 aromatic rings. The van der Waals surface area contributed by atoms with Crippen LogP contribution in [0.1, 0.15) is 27.0 Å². The third kappa shape index (κ3) is 3.24. The highest BCUT2D eigenvalue weighted by molar-refractivity contribution is 7.11. The van der Waals surface area contributed by atoms with Gasteiger partial charge in [0, 0.05) is 5.56 Å². The van der Waals surface area contributed by atoms with Crippen molar-refractivity contribution in [1.29, 1.82) is 0 Å². The molecule has 0 radical (unpaired) electrons. The Labute approximate surface area is 121 Å². The summed E-state index contributed by atoms with van der Waals surface area (Å²) in [6, 6.07) is 10.1. The van der Waals surface area contributed by atoms with Crippen LogP contribution in [0.2, 0.25) is 0 Å². The van der Waals surface area contributed by atoms with Gasteiger partial charge < -0.3 is 9.47 Å². The summed E-state index contributed by atoms with van der Waals surface area (Å²) in [5.74, 6) is -0.0447. The van der Waals surface area contributed by atoms with E-state index in [2.05, 4.69) is 0 Å². The molecule has 2 rings (SSSR count). The van der Waals surface area contributed by atoms with Crippen molar-refractivity contribution >= 4 is 23.1 Å². The number of benzene rings is 1. The molecule has 0 aliphatic carbocycles. The van der Waals surface area contributed by atoms with Gasteiger partial charge in [0.05, 0.1) is 7.11 Å². The van der Waals surface area contributed by atoms with E-state index >= 15 is 0 Å². The van der Waals surface area contributed by atoms with E-state index in [0.717, 1.165) is 0 Å². The molecule has 0 saturated heterocycles. The molecule has 0 aliphatic heterocycles. The van der Waals surface area contributed by atoms with Gasteiger partial charge in [-0.25, -0.2) is 4.79 Å². The molecule has 5 heteroatoms. The second-order valence-corrected chi connectivity index (χ2v) is 5.07. The molecule has 0 bridgehead atoms. The number of ether oxygens (including phenoxy) is 2. The van der Waals surface area contributed by atoms with Crippen LogP contribution < -0.4 is 4.74 Å². The lowest BCUT2D eigenvalue weighted by Crippen LogP contribution is -2.24. The van der Waals surface area contributed by atoms with E-state index in [-0.39, 0.29) is 5.78 Å². The molecule has 0 fully saturated rings. The second-order valence-electron chi connectivity index (χ2n) is 4.12. The molecule has 0 spiro atoms. The molecule has 0 unspecified atom stereocenters. The molecule has 4 nitrogen and oxygen atoms in total. The van der Waals surface area contributed by atoms with Gasteiger partial charge in [0.2, 0.25) is 5.78 Å². The first-order valence-corrected chi connectivity index (χ1v) is 6.92. The standard InChI is InChI=1S/C15H14O4S/c1-10(19-15(17)13-4-3-9-20-13)14(16)11-5-7-12(18-2)8-6-11/h3-10H,1-2H3/t10-/m1/s1. The summed E-state index contributed by atoms with van der Waals surface area (Å²) in [4.78, 5) is 24.4. The zero-order valence-electron chi connectivity index (χ0n) is 11.2. The van der Waals surface area contributed by atoms with E-state index in [1.807, 2.05) is 0 Å². The smallest absolute Gasteiger partial charge is 0.349 e. The molecule has 0 aliphatic rings. The van der Waals surface area contributed by atoms with E-state index in [1.54, 1.807) is 55.8 Å². The zero-order valence-corrected chi connectivity index (χ0v) is 12.0. The number of esters is 1. The Balaban J connectivity index is 2.02. The first kappa shape index (κ1) is 14.3. The number of hydrogen-bond donors (Lipinski definition) is 0. The number of Topliss-reactive ketones (excluding diaryl/α,β-unsaturated/α-hetero) is 1. The largest absolute Gasteiger partial charge is 0.497 e. The molecule has 1 atom stereocenters. The highest BCUT2D eigenvalue weighted by Crippen LogP contribution is 2.16. The first-order valence-electron chi connectivity index (χ1n) is 6.04. The molecule has 1 heterocycles. The van der Waals surface area contributed by atoms with Crippen LogP contribution in [0, 0.1) is 0 Å². The SMILES string of the molecule is COc1ccc(C(=O)[C@@H](C)OC(=O)c2cccs2)cc1. The second kappa shape index (κ2) is 6.34. The van der Waals surface area contributed by atoms with E-state index < -0.39 is 12.1 Å². The van der Waals surface area contributed by atoms with Gasteiger partial charge in [0.1, 0.15) is 10.6 Å². The number of methoxy groups -OCH3 is 1. The van der Waals surface area contributed by atoms with Crippen LogP contribution in [0.5, 0.6) is 5.75 Å². The molecule has 0 saturated carbocycles. The number of ketones is 1. The lowest BCUT2D eigenvalue weighted by Gasteiger charge is -2.11. The minimum atomic E-state index is -0.821. The van der Waals surface area contributed by atoms with Gasteiger partial charge in [-0.2, -0.15) is 0 Å². The molecule has 1 aromatic carbocycles. The third-order valence-electron chi connectivity index (χ3n) is 2.75. The van der Waals surface area contributed by atoms with E-state index in [9.17, 15) is 9.59 Å². The normalized spacial score (nSPS) is 11.7. The molecule has 20 heavy (non-hydrogen) atoms. The van der Waals surface area contributed by atoms with E-state index in [1.165, 1.54) is 11.3 Å². The van der Waals surface area contributed by atoms with Gasteiger partial charge in [-0.15, -0.1) is 11.3 Å². The highest BCUT2D eigenvalue weighted by atomic mass is 32.1. The highest BCUT2D eigenvalue weighted by Gasteiger charge is 2.20. The summed E-state index contributed by atoms with van der Waals surface area (Å²) < 4.78 is 10.2. The Kier molecular flexibility index (Phi) is 4.53. The average Bonchev–Trinajstić information content (AvgIpc) is 3.01. The van der Waals surface area contributed by atoms with Crippen LogP contribution in [-0.2, 0) is 4.74 Å². The van der Waals surface area contributed by atoms with Crippen LogP contribution >= 0.6 is 11.3 Å². The van der Waals surface area contributed by atoms with Crippen molar-refractivity contribution in [3.05, 3.63) is 52.2 Å². The Hall–Kier alpha value is -2.14. The summed E-state index contributed by atoms with van der Waals surface area (Å²) >= 11 is 1.28. The molecular formula is C15H14O4S. The quantitative estimate of drug-likeness (QED) is 0.627. The maximum atomic E-state index is 12.1. The lowest BCUT2D eigenvalue weighted by atomic mass is 10.1. The molecule has 0 N–H and O–H groups in total. The Morgan fingerprint density at radius 3 is 2.40 bits per heavy atom. The zero-order chi connectivity index (χ0) is 14.5. The third-order valence-corrected chi connectivity index (χ3v) is 3.60. The molecule has 0 amide bonds. The summed E-state index contributed by atoms with van der Waals surface area (Å²) in [5.41, 5.74) is 0.484. The van der Waals surface area contributed by atoms with Gasteiger partial charge in [0.25, 0.3) is 0 Å². The summed E-state index contributed by atoms with van der Waals surface area (Å²) in [5, 5.41) is 1.78. The van der Waals surface area contributed by atoms with Gasteiger partial charge in [-0.05, 0) is 42.6 Å². The van der Waals surface area contributed by atoms with Crippen LogP contribution in [0.25, 0.3) is 0 Å². The predicted octanol–water partition coefficient (Wildman–Crippen LogP) is 3.18. The number of carbonyl (C=O) groups is 2. The number of carbonyl (C=O) groups excluding carboxylic acids is 2. The fraction of sp³-hybridized carbons (Fsp3) is 0.200.